The van der Waals surface area contributed by atoms with E-state index in [9.17, 15) is 0 Å². The SMILES string of the molecule is C#CC1=C[C-]=C(c2ccc(Br)cc2)N(CC)C1=C.[Y]. The van der Waals surface area contributed by atoms with E-state index < -0.39 is 0 Å². The third-order valence-electron chi connectivity index (χ3n) is 2.85. The van der Waals surface area contributed by atoms with Gasteiger partial charge in [0.2, 0.25) is 0 Å². The van der Waals surface area contributed by atoms with Crippen molar-refractivity contribution in [3.8, 4) is 12.3 Å². The van der Waals surface area contributed by atoms with Crippen molar-refractivity contribution in [1.82, 2.24) is 4.90 Å². The predicted molar refractivity (Wildman–Crippen MR) is 79.2 cm³/mol. The van der Waals surface area contributed by atoms with Crippen molar-refractivity contribution >= 4 is 21.6 Å². The molecule has 0 amide bonds. The van der Waals surface area contributed by atoms with E-state index in [4.69, 9.17) is 6.42 Å². The average Bonchev–Trinajstić information content (AvgIpc) is 2.39. The van der Waals surface area contributed by atoms with Gasteiger partial charge in [0.05, 0.1) is 0 Å². The molecule has 3 heteroatoms. The Balaban J connectivity index is 0.00000180. The maximum Gasteiger partial charge on any atom is 0.0170 e. The molecule has 1 aromatic rings. The number of halogens is 1. The molecule has 0 aromatic heterocycles. The van der Waals surface area contributed by atoms with Gasteiger partial charge in [-0.05, 0) is 12.6 Å². The number of likely N-dealkylation sites (N-methyl/N-ethyl adjacent to an activating group) is 1. The summed E-state index contributed by atoms with van der Waals surface area (Å²) in [5.41, 5.74) is 3.76. The van der Waals surface area contributed by atoms with E-state index in [0.29, 0.717) is 0 Å². The molecule has 0 N–H and O–H groups in total. The molecule has 0 bridgehead atoms. The van der Waals surface area contributed by atoms with E-state index in [1.807, 2.05) is 18.2 Å². The van der Waals surface area contributed by atoms with Gasteiger partial charge >= 0.3 is 0 Å². The molecular weight excluding hydrogens is 375 g/mol. The number of hydrogen-bond donors (Lipinski definition) is 0. The largest absolute Gasteiger partial charge is 0.375 e. The third-order valence-corrected chi connectivity index (χ3v) is 3.38. The van der Waals surface area contributed by atoms with Crippen LogP contribution in [0.4, 0.5) is 0 Å². The summed E-state index contributed by atoms with van der Waals surface area (Å²) in [6, 6.07) is 8.14. The number of rotatable bonds is 2. The van der Waals surface area contributed by atoms with Gasteiger partial charge < -0.3 is 4.90 Å². The van der Waals surface area contributed by atoms with E-state index in [1.54, 1.807) is 0 Å². The normalized spacial score (nSPS) is 14.2. The molecule has 1 heterocycles. The van der Waals surface area contributed by atoms with Crippen LogP contribution in [0.2, 0.25) is 0 Å². The van der Waals surface area contributed by atoms with Gasteiger partial charge in [0, 0.05) is 43.7 Å². The van der Waals surface area contributed by atoms with Crippen molar-refractivity contribution < 1.29 is 32.7 Å². The van der Waals surface area contributed by atoms with Crippen LogP contribution in [0.5, 0.6) is 0 Å². The minimum absolute atomic E-state index is 0. The Morgan fingerprint density at radius 1 is 1.37 bits per heavy atom. The Hall–Kier alpha value is -0.616. The molecule has 2 rings (SSSR count). The summed E-state index contributed by atoms with van der Waals surface area (Å²) in [7, 11) is 0. The van der Waals surface area contributed by atoms with E-state index in [0.717, 1.165) is 33.5 Å². The standard InChI is InChI=1S/C16H13BrN.Y/c1-4-13-8-11-16(18(5-2)12(13)3)14-6-9-15(17)10-7-14;/h1,6-10H,3,5H2,2H3;/q-1;. The Morgan fingerprint density at radius 3 is 2.53 bits per heavy atom. The van der Waals surface area contributed by atoms with Crippen LogP contribution < -0.4 is 0 Å². The van der Waals surface area contributed by atoms with Gasteiger partial charge in [0.15, 0.2) is 0 Å². The fourth-order valence-corrected chi connectivity index (χ4v) is 2.17. The fourth-order valence-electron chi connectivity index (χ4n) is 1.90. The molecule has 1 radical (unpaired) electrons. The molecule has 1 aliphatic heterocycles. The topological polar surface area (TPSA) is 3.24 Å². The average molecular weight is 388 g/mol. The van der Waals surface area contributed by atoms with E-state index in [1.165, 1.54) is 0 Å². The van der Waals surface area contributed by atoms with Gasteiger partial charge in [0.25, 0.3) is 0 Å². The summed E-state index contributed by atoms with van der Waals surface area (Å²) < 4.78 is 1.06. The van der Waals surface area contributed by atoms with Crippen LogP contribution in [0.3, 0.4) is 0 Å². The van der Waals surface area contributed by atoms with Crippen molar-refractivity contribution in [1.29, 1.82) is 0 Å². The molecule has 19 heavy (non-hydrogen) atoms. The van der Waals surface area contributed by atoms with Crippen LogP contribution in [0.25, 0.3) is 5.70 Å². The van der Waals surface area contributed by atoms with E-state index in [2.05, 4.69) is 58.5 Å². The number of terminal acetylenes is 1. The second kappa shape index (κ2) is 7.24. The number of benzene rings is 1. The zero-order valence-corrected chi connectivity index (χ0v) is 15.2. The van der Waals surface area contributed by atoms with Gasteiger partial charge in [-0.2, -0.15) is 12.2 Å². The molecule has 1 aromatic carbocycles. The van der Waals surface area contributed by atoms with Crippen molar-refractivity contribution in [2.75, 3.05) is 6.54 Å². The van der Waals surface area contributed by atoms with Gasteiger partial charge in [-0.15, -0.1) is 24.5 Å². The van der Waals surface area contributed by atoms with Crippen LogP contribution in [0, 0.1) is 18.4 Å². The van der Waals surface area contributed by atoms with Gasteiger partial charge in [-0.1, -0.05) is 51.5 Å². The van der Waals surface area contributed by atoms with Crippen molar-refractivity contribution in [3.05, 3.63) is 64.3 Å². The van der Waals surface area contributed by atoms with E-state index in [-0.39, 0.29) is 32.7 Å². The summed E-state index contributed by atoms with van der Waals surface area (Å²) in [6.45, 7) is 6.95. The van der Waals surface area contributed by atoms with Gasteiger partial charge in [-0.25, -0.2) is 0 Å². The predicted octanol–water partition coefficient (Wildman–Crippen LogP) is 4.00. The van der Waals surface area contributed by atoms with Crippen LogP contribution in [-0.2, 0) is 32.7 Å². The minimum Gasteiger partial charge on any atom is -0.375 e. The molecule has 0 saturated carbocycles. The van der Waals surface area contributed by atoms with Crippen molar-refractivity contribution in [2.24, 2.45) is 0 Å². The van der Waals surface area contributed by atoms with Gasteiger partial charge in [0.1, 0.15) is 0 Å². The first-order valence-electron chi connectivity index (χ1n) is 5.70. The zero-order valence-electron chi connectivity index (χ0n) is 10.8. The summed E-state index contributed by atoms with van der Waals surface area (Å²) in [5.74, 6) is 2.64. The van der Waals surface area contributed by atoms with Gasteiger partial charge in [-0.3, -0.25) is 0 Å². The van der Waals surface area contributed by atoms with Crippen LogP contribution in [-0.4, -0.2) is 11.4 Å². The monoisotopic (exact) mass is 387 g/mol. The third kappa shape index (κ3) is 3.48. The van der Waals surface area contributed by atoms with Crippen LogP contribution in [0.1, 0.15) is 12.5 Å². The van der Waals surface area contributed by atoms with Crippen LogP contribution in [0.15, 0.2) is 52.7 Å². The Kier molecular flexibility index (Phi) is 6.27. The van der Waals surface area contributed by atoms with Crippen LogP contribution >= 0.6 is 15.9 Å². The molecule has 0 saturated heterocycles. The first-order valence-corrected chi connectivity index (χ1v) is 6.49. The molecule has 1 aliphatic rings. The Bertz CT molecular complexity index is 576. The first-order chi connectivity index (χ1) is 8.67. The summed E-state index contributed by atoms with van der Waals surface area (Å²) in [6.07, 6.45) is 10.5. The minimum atomic E-state index is 0. The second-order valence-electron chi connectivity index (χ2n) is 3.89. The molecule has 0 spiro atoms. The summed E-state index contributed by atoms with van der Waals surface area (Å²) in [4.78, 5) is 2.08. The first kappa shape index (κ1) is 16.4. The molecule has 93 valence electrons. The number of allylic oxidation sites excluding steroid dienone is 3. The summed E-state index contributed by atoms with van der Waals surface area (Å²) in [5, 5.41) is 0. The zero-order chi connectivity index (χ0) is 13.1. The molecular formula is C16H13BrNY-. The smallest absolute Gasteiger partial charge is 0.0170 e. The van der Waals surface area contributed by atoms with Crippen molar-refractivity contribution in [2.45, 2.75) is 6.92 Å². The summed E-state index contributed by atoms with van der Waals surface area (Å²) >= 11 is 3.43. The molecule has 0 fully saturated rings. The molecule has 0 unspecified atom stereocenters. The second-order valence-corrected chi connectivity index (χ2v) is 4.81. The Morgan fingerprint density at radius 2 is 2.00 bits per heavy atom. The van der Waals surface area contributed by atoms with Crippen molar-refractivity contribution in [3.63, 3.8) is 0 Å². The molecule has 1 nitrogen and oxygen atoms in total. The molecule has 0 atom stereocenters. The number of nitrogens with zero attached hydrogens (tertiary/aromatic N) is 1. The fraction of sp³-hybridized carbons (Fsp3) is 0.125. The maximum absolute atomic E-state index is 5.45. The Labute approximate surface area is 148 Å². The maximum atomic E-state index is 5.45. The number of hydrogen-bond acceptors (Lipinski definition) is 1. The van der Waals surface area contributed by atoms with E-state index >= 15 is 0 Å². The molecule has 0 aliphatic carbocycles. The quantitative estimate of drug-likeness (QED) is 0.547.